The fourth-order valence-electron chi connectivity index (χ4n) is 2.23. The van der Waals surface area contributed by atoms with Gasteiger partial charge in [-0.05, 0) is 38.1 Å². The lowest BCUT2D eigenvalue weighted by atomic mass is 9.92. The number of esters is 1. The standard InChI is InChI=1S/C10H17NO2/c1-2-13-10(12)9-6-11-5-8(9)7-3-4-7/h7-9,11H,2-6H2,1H3. The Morgan fingerprint density at radius 3 is 2.85 bits per heavy atom. The summed E-state index contributed by atoms with van der Waals surface area (Å²) in [7, 11) is 0. The first kappa shape index (κ1) is 9.00. The van der Waals surface area contributed by atoms with Gasteiger partial charge >= 0.3 is 5.97 Å². The Kier molecular flexibility index (Phi) is 2.54. The maximum Gasteiger partial charge on any atom is 0.310 e. The number of rotatable bonds is 3. The molecule has 0 aromatic heterocycles. The maximum atomic E-state index is 11.5. The molecular formula is C10H17NO2. The zero-order valence-corrected chi connectivity index (χ0v) is 8.08. The summed E-state index contributed by atoms with van der Waals surface area (Å²) in [4.78, 5) is 11.5. The first-order valence-corrected chi connectivity index (χ1v) is 5.20. The van der Waals surface area contributed by atoms with Crippen molar-refractivity contribution in [3.05, 3.63) is 0 Å². The van der Waals surface area contributed by atoms with Gasteiger partial charge in [0.1, 0.15) is 0 Å². The van der Waals surface area contributed by atoms with Crippen molar-refractivity contribution in [2.24, 2.45) is 17.8 Å². The third-order valence-corrected chi connectivity index (χ3v) is 3.08. The first-order valence-electron chi connectivity index (χ1n) is 5.20. The Labute approximate surface area is 78.8 Å². The number of carbonyl (C=O) groups excluding carboxylic acids is 1. The van der Waals surface area contributed by atoms with E-state index in [9.17, 15) is 4.79 Å². The fraction of sp³-hybridized carbons (Fsp3) is 0.900. The maximum absolute atomic E-state index is 11.5. The van der Waals surface area contributed by atoms with E-state index in [0.717, 1.165) is 19.0 Å². The molecule has 2 atom stereocenters. The largest absolute Gasteiger partial charge is 0.466 e. The van der Waals surface area contributed by atoms with Crippen LogP contribution >= 0.6 is 0 Å². The van der Waals surface area contributed by atoms with Crippen LogP contribution in [0.1, 0.15) is 19.8 Å². The monoisotopic (exact) mass is 183 g/mol. The molecule has 0 bridgehead atoms. The van der Waals surface area contributed by atoms with E-state index in [-0.39, 0.29) is 11.9 Å². The smallest absolute Gasteiger partial charge is 0.310 e. The molecule has 1 aliphatic carbocycles. The number of carbonyl (C=O) groups is 1. The van der Waals surface area contributed by atoms with E-state index in [2.05, 4.69) is 5.32 Å². The topological polar surface area (TPSA) is 38.3 Å². The van der Waals surface area contributed by atoms with Crippen LogP contribution in [0.5, 0.6) is 0 Å². The van der Waals surface area contributed by atoms with Crippen molar-refractivity contribution >= 4 is 5.97 Å². The van der Waals surface area contributed by atoms with Crippen molar-refractivity contribution < 1.29 is 9.53 Å². The van der Waals surface area contributed by atoms with Crippen LogP contribution in [0, 0.1) is 17.8 Å². The molecule has 2 unspecified atom stereocenters. The van der Waals surface area contributed by atoms with Gasteiger partial charge in [0, 0.05) is 6.54 Å². The Morgan fingerprint density at radius 2 is 2.23 bits per heavy atom. The quantitative estimate of drug-likeness (QED) is 0.658. The fourth-order valence-corrected chi connectivity index (χ4v) is 2.23. The van der Waals surface area contributed by atoms with Gasteiger partial charge in [-0.2, -0.15) is 0 Å². The number of hydrogen-bond acceptors (Lipinski definition) is 3. The Balaban J connectivity index is 1.92. The lowest BCUT2D eigenvalue weighted by Gasteiger charge is -2.15. The number of hydrogen-bond donors (Lipinski definition) is 1. The molecule has 3 nitrogen and oxygen atoms in total. The van der Waals surface area contributed by atoms with E-state index in [1.807, 2.05) is 6.92 Å². The highest BCUT2D eigenvalue weighted by molar-refractivity contribution is 5.73. The lowest BCUT2D eigenvalue weighted by molar-refractivity contribution is -0.148. The summed E-state index contributed by atoms with van der Waals surface area (Å²) >= 11 is 0. The van der Waals surface area contributed by atoms with Gasteiger partial charge in [-0.25, -0.2) is 0 Å². The molecule has 0 amide bonds. The highest BCUT2D eigenvalue weighted by atomic mass is 16.5. The van der Waals surface area contributed by atoms with Crippen molar-refractivity contribution in [3.63, 3.8) is 0 Å². The van der Waals surface area contributed by atoms with Gasteiger partial charge in [-0.15, -0.1) is 0 Å². The van der Waals surface area contributed by atoms with E-state index in [1.54, 1.807) is 0 Å². The minimum absolute atomic E-state index is 0.00407. The number of ether oxygens (including phenoxy) is 1. The molecular weight excluding hydrogens is 166 g/mol. The zero-order chi connectivity index (χ0) is 9.26. The van der Waals surface area contributed by atoms with E-state index in [1.165, 1.54) is 12.8 Å². The lowest BCUT2D eigenvalue weighted by Crippen LogP contribution is -2.26. The van der Waals surface area contributed by atoms with Gasteiger partial charge in [0.25, 0.3) is 0 Å². The molecule has 1 saturated heterocycles. The molecule has 3 heteroatoms. The van der Waals surface area contributed by atoms with Crippen LogP contribution in [0.2, 0.25) is 0 Å². The summed E-state index contributed by atoms with van der Waals surface area (Å²) in [6.07, 6.45) is 2.62. The molecule has 2 aliphatic rings. The van der Waals surface area contributed by atoms with Crippen molar-refractivity contribution in [1.82, 2.24) is 5.32 Å². The van der Waals surface area contributed by atoms with Gasteiger partial charge in [0.15, 0.2) is 0 Å². The second-order valence-electron chi connectivity index (χ2n) is 4.02. The van der Waals surface area contributed by atoms with E-state index in [0.29, 0.717) is 12.5 Å². The third kappa shape index (κ3) is 1.85. The van der Waals surface area contributed by atoms with Crippen molar-refractivity contribution in [2.45, 2.75) is 19.8 Å². The molecule has 2 rings (SSSR count). The average molecular weight is 183 g/mol. The molecule has 74 valence electrons. The molecule has 1 heterocycles. The summed E-state index contributed by atoms with van der Waals surface area (Å²) < 4.78 is 5.06. The Morgan fingerprint density at radius 1 is 1.46 bits per heavy atom. The third-order valence-electron chi connectivity index (χ3n) is 3.08. The average Bonchev–Trinajstić information content (AvgIpc) is 2.84. The molecule has 1 N–H and O–H groups in total. The summed E-state index contributed by atoms with van der Waals surface area (Å²) in [6.45, 7) is 4.20. The molecule has 1 aliphatic heterocycles. The van der Waals surface area contributed by atoms with Crippen molar-refractivity contribution in [1.29, 1.82) is 0 Å². The predicted molar refractivity (Wildman–Crippen MR) is 49.2 cm³/mol. The predicted octanol–water partition coefficient (Wildman–Crippen LogP) is 0.795. The van der Waals surface area contributed by atoms with Crippen LogP contribution in [0.15, 0.2) is 0 Å². The zero-order valence-electron chi connectivity index (χ0n) is 8.08. The molecule has 0 spiro atoms. The molecule has 13 heavy (non-hydrogen) atoms. The van der Waals surface area contributed by atoms with E-state index >= 15 is 0 Å². The van der Waals surface area contributed by atoms with Crippen LogP contribution in [0.3, 0.4) is 0 Å². The highest BCUT2D eigenvalue weighted by Gasteiger charge is 2.43. The van der Waals surface area contributed by atoms with Crippen LogP contribution in [-0.2, 0) is 9.53 Å². The molecule has 2 fully saturated rings. The van der Waals surface area contributed by atoms with E-state index < -0.39 is 0 Å². The van der Waals surface area contributed by atoms with E-state index in [4.69, 9.17) is 4.74 Å². The number of nitrogens with one attached hydrogen (secondary N) is 1. The molecule has 1 saturated carbocycles. The normalized spacial score (nSPS) is 33.3. The van der Waals surface area contributed by atoms with Gasteiger partial charge in [-0.1, -0.05) is 0 Å². The molecule has 0 radical (unpaired) electrons. The minimum atomic E-state index is 0.00407. The summed E-state index contributed by atoms with van der Waals surface area (Å²) in [5, 5.41) is 3.28. The van der Waals surface area contributed by atoms with Crippen LogP contribution in [0.25, 0.3) is 0 Å². The van der Waals surface area contributed by atoms with Gasteiger partial charge in [0.05, 0.1) is 12.5 Å². The summed E-state index contributed by atoms with van der Waals surface area (Å²) in [5.74, 6) is 1.49. The second kappa shape index (κ2) is 3.66. The van der Waals surface area contributed by atoms with Gasteiger partial charge < -0.3 is 10.1 Å². The highest BCUT2D eigenvalue weighted by Crippen LogP contribution is 2.42. The van der Waals surface area contributed by atoms with Crippen LogP contribution in [0.4, 0.5) is 0 Å². The minimum Gasteiger partial charge on any atom is -0.466 e. The van der Waals surface area contributed by atoms with Gasteiger partial charge in [0.2, 0.25) is 0 Å². The Hall–Kier alpha value is -0.570. The second-order valence-corrected chi connectivity index (χ2v) is 4.02. The van der Waals surface area contributed by atoms with Crippen LogP contribution in [-0.4, -0.2) is 25.7 Å². The van der Waals surface area contributed by atoms with Crippen molar-refractivity contribution in [3.8, 4) is 0 Å². The summed E-state index contributed by atoms with van der Waals surface area (Å²) in [6, 6.07) is 0. The first-order chi connectivity index (χ1) is 6.33. The Bertz CT molecular complexity index is 201. The molecule has 0 aromatic carbocycles. The van der Waals surface area contributed by atoms with Crippen LogP contribution < -0.4 is 5.32 Å². The summed E-state index contributed by atoms with van der Waals surface area (Å²) in [5.41, 5.74) is 0. The SMILES string of the molecule is CCOC(=O)C1CNCC1C1CC1. The van der Waals surface area contributed by atoms with Crippen molar-refractivity contribution in [2.75, 3.05) is 19.7 Å². The molecule has 0 aromatic rings. The van der Waals surface area contributed by atoms with Gasteiger partial charge in [-0.3, -0.25) is 4.79 Å².